The number of nitrogens with one attached hydrogen (secondary N) is 1. The minimum atomic E-state index is -0.744. The van der Waals surface area contributed by atoms with Gasteiger partial charge in [0, 0.05) is 52.7 Å². The molecule has 10 nitrogen and oxygen atoms in total. The van der Waals surface area contributed by atoms with Crippen molar-refractivity contribution in [2.75, 3.05) is 52.9 Å². The maximum Gasteiger partial charge on any atom is 0.411 e. The molecule has 31 heavy (non-hydrogen) atoms. The van der Waals surface area contributed by atoms with Gasteiger partial charge in [0.25, 0.3) is 0 Å². The van der Waals surface area contributed by atoms with Crippen LogP contribution in [0.2, 0.25) is 0 Å². The van der Waals surface area contributed by atoms with Crippen molar-refractivity contribution in [1.29, 1.82) is 5.41 Å². The predicted molar refractivity (Wildman–Crippen MR) is 117 cm³/mol. The Bertz CT molecular complexity index is 631. The molecule has 3 fully saturated rings. The number of amides is 1. The molecule has 1 amide bonds. The smallest absolute Gasteiger partial charge is 0.411 e. The molecule has 0 aromatic carbocycles. The first-order valence-corrected chi connectivity index (χ1v) is 11.6. The molecule has 3 rings (SSSR count). The van der Waals surface area contributed by atoms with Gasteiger partial charge in [0.15, 0.2) is 12.2 Å². The fraction of sp³-hybridized carbons (Fsp3) is 0.857. The lowest BCUT2D eigenvalue weighted by Gasteiger charge is -2.39. The van der Waals surface area contributed by atoms with Gasteiger partial charge in [-0.25, -0.2) is 4.79 Å². The van der Waals surface area contributed by atoms with E-state index in [2.05, 4.69) is 9.80 Å². The number of carbonyl (C=O) groups is 2. The number of aliphatic carboxylic acids is 1. The van der Waals surface area contributed by atoms with E-state index in [1.54, 1.807) is 4.90 Å². The number of cyclic esters (lactones) is 1. The molecule has 0 radical (unpaired) electrons. The van der Waals surface area contributed by atoms with Gasteiger partial charge in [0.1, 0.15) is 0 Å². The first-order valence-electron chi connectivity index (χ1n) is 11.6. The number of hydrogen-bond acceptors (Lipinski definition) is 6. The van der Waals surface area contributed by atoms with Gasteiger partial charge in [-0.15, -0.1) is 0 Å². The number of nitrogens with zero attached hydrogens (tertiary/aromatic N) is 4. The van der Waals surface area contributed by atoms with E-state index in [0.29, 0.717) is 12.3 Å². The molecule has 2 unspecified atom stereocenters. The van der Waals surface area contributed by atoms with Crippen LogP contribution in [0.5, 0.6) is 0 Å². The fourth-order valence-electron chi connectivity index (χ4n) is 5.02. The number of guanidine groups is 1. The zero-order valence-electron chi connectivity index (χ0n) is 18.7. The summed E-state index contributed by atoms with van der Waals surface area (Å²) < 4.78 is 5.73. The number of likely N-dealkylation sites (N-methyl/N-ethyl adjacent to an activating group) is 1. The third-order valence-corrected chi connectivity index (χ3v) is 7.04. The van der Waals surface area contributed by atoms with Crippen LogP contribution in [0.25, 0.3) is 0 Å². The third kappa shape index (κ3) is 6.46. The molecule has 0 aliphatic carbocycles. The molecule has 2 atom stereocenters. The predicted octanol–water partition coefficient (Wildman–Crippen LogP) is 1.02. The first-order chi connectivity index (χ1) is 14.8. The van der Waals surface area contributed by atoms with Crippen molar-refractivity contribution in [3.05, 3.63) is 0 Å². The van der Waals surface area contributed by atoms with Crippen LogP contribution in [0, 0.1) is 11.3 Å². The van der Waals surface area contributed by atoms with Crippen LogP contribution < -0.4 is 5.73 Å². The van der Waals surface area contributed by atoms with Crippen LogP contribution in [0.3, 0.4) is 0 Å². The van der Waals surface area contributed by atoms with Crippen LogP contribution in [0.1, 0.15) is 44.9 Å². The summed E-state index contributed by atoms with van der Waals surface area (Å²) in [5.41, 5.74) is 5.58. The number of carboxylic acid groups (broad SMARTS) is 1. The van der Waals surface area contributed by atoms with Crippen molar-refractivity contribution in [1.82, 2.24) is 19.6 Å². The van der Waals surface area contributed by atoms with E-state index >= 15 is 0 Å². The number of nitrogens with two attached hydrogens (primary N) is 1. The van der Waals surface area contributed by atoms with Gasteiger partial charge < -0.3 is 30.3 Å². The van der Waals surface area contributed by atoms with E-state index in [1.165, 1.54) is 0 Å². The number of carbonyl (C=O) groups excluding carboxylic acids is 1. The van der Waals surface area contributed by atoms with Gasteiger partial charge in [-0.1, -0.05) is 12.8 Å². The minimum Gasteiger partial charge on any atom is -0.481 e. The summed E-state index contributed by atoms with van der Waals surface area (Å²) in [4.78, 5) is 31.2. The molecule has 4 N–H and O–H groups in total. The van der Waals surface area contributed by atoms with Gasteiger partial charge in [0.2, 0.25) is 0 Å². The fourth-order valence-corrected chi connectivity index (χ4v) is 5.02. The van der Waals surface area contributed by atoms with E-state index in [9.17, 15) is 9.59 Å². The number of rotatable bonds is 9. The average molecular weight is 439 g/mol. The SMILES string of the molecule is CN1C(=O)OC(N2CCN(CCCC(=O)O)CC2)C1CCCC1CCN(C(=N)N)CC1. The lowest BCUT2D eigenvalue weighted by molar-refractivity contribution is -0.137. The highest BCUT2D eigenvalue weighted by atomic mass is 16.6. The van der Waals surface area contributed by atoms with Crippen molar-refractivity contribution in [3.63, 3.8) is 0 Å². The van der Waals surface area contributed by atoms with Crippen molar-refractivity contribution in [3.8, 4) is 0 Å². The van der Waals surface area contributed by atoms with Gasteiger partial charge in [-0.05, 0) is 38.1 Å². The zero-order chi connectivity index (χ0) is 22.4. The summed E-state index contributed by atoms with van der Waals surface area (Å²) in [6.45, 7) is 5.94. The van der Waals surface area contributed by atoms with E-state index in [0.717, 1.165) is 77.9 Å². The van der Waals surface area contributed by atoms with Gasteiger partial charge >= 0.3 is 12.1 Å². The minimum absolute atomic E-state index is 0.0726. The second kappa shape index (κ2) is 11.0. The summed E-state index contributed by atoms with van der Waals surface area (Å²) >= 11 is 0. The topological polar surface area (TPSA) is 126 Å². The standard InChI is InChI=1S/C21H38N6O4/c1-24-17(5-2-4-16-7-10-27(11-8-16)20(22)23)19(31-21(24)30)26-14-12-25(13-15-26)9-3-6-18(28)29/h16-17,19H,2-15H2,1H3,(H3,22,23)(H,28,29). The first kappa shape index (κ1) is 23.6. The Hall–Kier alpha value is -2.07. The van der Waals surface area contributed by atoms with E-state index in [4.69, 9.17) is 21.0 Å². The summed E-state index contributed by atoms with van der Waals surface area (Å²) in [5.74, 6) is 0.0880. The summed E-state index contributed by atoms with van der Waals surface area (Å²) in [5, 5.41) is 16.3. The second-order valence-corrected chi connectivity index (χ2v) is 9.07. The molecule has 3 heterocycles. The number of carboxylic acids is 1. The summed E-state index contributed by atoms with van der Waals surface area (Å²) in [7, 11) is 1.83. The Labute approximate surface area is 184 Å². The zero-order valence-corrected chi connectivity index (χ0v) is 18.7. The number of likely N-dealkylation sites (tertiary alicyclic amines) is 1. The average Bonchev–Trinajstić information content (AvgIpc) is 3.03. The molecule has 0 aromatic heterocycles. The maximum absolute atomic E-state index is 12.2. The number of piperidine rings is 1. The van der Waals surface area contributed by atoms with Crippen LogP contribution >= 0.6 is 0 Å². The van der Waals surface area contributed by atoms with Crippen LogP contribution in [0.15, 0.2) is 0 Å². The van der Waals surface area contributed by atoms with Gasteiger partial charge in [-0.2, -0.15) is 0 Å². The third-order valence-electron chi connectivity index (χ3n) is 7.04. The second-order valence-electron chi connectivity index (χ2n) is 9.07. The lowest BCUT2D eigenvalue weighted by atomic mass is 9.90. The van der Waals surface area contributed by atoms with Crippen molar-refractivity contribution in [2.24, 2.45) is 11.7 Å². The van der Waals surface area contributed by atoms with E-state index in [1.807, 2.05) is 11.9 Å². The molecule has 176 valence electrons. The Morgan fingerprint density at radius 3 is 2.42 bits per heavy atom. The Balaban J connectivity index is 1.42. The molecule has 3 aliphatic heterocycles. The Kier molecular flexibility index (Phi) is 8.36. The lowest BCUT2D eigenvalue weighted by Crippen LogP contribution is -2.54. The molecule has 0 bridgehead atoms. The van der Waals surface area contributed by atoms with Gasteiger partial charge in [0.05, 0.1) is 6.04 Å². The number of piperazine rings is 1. The van der Waals surface area contributed by atoms with Crippen LogP contribution in [-0.4, -0.2) is 108 Å². The van der Waals surface area contributed by atoms with Crippen LogP contribution in [0.4, 0.5) is 4.79 Å². The van der Waals surface area contributed by atoms with Crippen molar-refractivity contribution in [2.45, 2.75) is 57.2 Å². The van der Waals surface area contributed by atoms with Crippen LogP contribution in [-0.2, 0) is 9.53 Å². The van der Waals surface area contributed by atoms with Gasteiger partial charge in [-0.3, -0.25) is 15.1 Å². The molecule has 3 aliphatic rings. The Morgan fingerprint density at radius 2 is 1.81 bits per heavy atom. The molecular weight excluding hydrogens is 400 g/mol. The number of hydrogen-bond donors (Lipinski definition) is 3. The number of ether oxygens (including phenoxy) is 1. The molecule has 0 aromatic rings. The maximum atomic E-state index is 12.2. The van der Waals surface area contributed by atoms with Crippen molar-refractivity contribution < 1.29 is 19.4 Å². The Morgan fingerprint density at radius 1 is 1.13 bits per heavy atom. The summed E-state index contributed by atoms with van der Waals surface area (Å²) in [6, 6.07) is 0.0726. The largest absolute Gasteiger partial charge is 0.481 e. The normalized spacial score (nSPS) is 26.3. The summed E-state index contributed by atoms with van der Waals surface area (Å²) in [6.07, 6.45) is 5.71. The van der Waals surface area contributed by atoms with Crippen molar-refractivity contribution >= 4 is 18.0 Å². The molecule has 10 heteroatoms. The monoisotopic (exact) mass is 438 g/mol. The van der Waals surface area contributed by atoms with E-state index < -0.39 is 5.97 Å². The molecule has 0 spiro atoms. The molecule has 0 saturated carbocycles. The van der Waals surface area contributed by atoms with E-state index in [-0.39, 0.29) is 30.7 Å². The quantitative estimate of drug-likeness (QED) is 0.360. The molecular formula is C21H38N6O4. The highest BCUT2D eigenvalue weighted by Crippen LogP contribution is 2.28. The molecule has 3 saturated heterocycles. The highest BCUT2D eigenvalue weighted by Gasteiger charge is 2.43. The highest BCUT2D eigenvalue weighted by molar-refractivity contribution is 5.74.